The number of hydrogen-bond acceptors (Lipinski definition) is 4. The van der Waals surface area contributed by atoms with E-state index in [-0.39, 0.29) is 0 Å². The molecule has 3 N–H and O–H groups in total. The Morgan fingerprint density at radius 3 is 3.08 bits per heavy atom. The van der Waals surface area contributed by atoms with Gasteiger partial charge in [-0.2, -0.15) is 12.6 Å². The Morgan fingerprint density at radius 1 is 1.58 bits per heavy atom. The molecule has 64 valence electrons. The molecule has 1 heterocycles. The molecule has 0 saturated carbocycles. The lowest BCUT2D eigenvalue weighted by Gasteiger charge is -1.98. The van der Waals surface area contributed by atoms with E-state index in [2.05, 4.69) is 23.0 Å². The van der Waals surface area contributed by atoms with Gasteiger partial charge in [0.05, 0.1) is 5.69 Å². The first-order chi connectivity index (χ1) is 5.86. The summed E-state index contributed by atoms with van der Waals surface area (Å²) in [5, 5.41) is 0. The zero-order valence-electron chi connectivity index (χ0n) is 6.57. The molecular weight excluding hydrogens is 170 g/mol. The van der Waals surface area contributed by atoms with Gasteiger partial charge in [0, 0.05) is 5.75 Å². The predicted molar refractivity (Wildman–Crippen MR) is 54.9 cm³/mol. The van der Waals surface area contributed by atoms with Gasteiger partial charge in [0.1, 0.15) is 5.82 Å². The number of hydrazine groups is 1. The Hall–Kier alpha value is -1.00. The number of hydrogen-bond donors (Lipinski definition) is 3. The van der Waals surface area contributed by atoms with Gasteiger partial charge in [-0.05, 0) is 18.2 Å². The number of nitrogens with one attached hydrogen (secondary N) is 1. The molecule has 0 aliphatic carbocycles. The van der Waals surface area contributed by atoms with Gasteiger partial charge < -0.3 is 5.43 Å². The fourth-order valence-electron chi connectivity index (χ4n) is 0.798. The van der Waals surface area contributed by atoms with Gasteiger partial charge in [0.2, 0.25) is 0 Å². The smallest absolute Gasteiger partial charge is 0.140 e. The normalized spacial score (nSPS) is 10.5. The average molecular weight is 181 g/mol. The first-order valence-electron chi connectivity index (χ1n) is 3.58. The lowest BCUT2D eigenvalue weighted by molar-refractivity contribution is 1.21. The van der Waals surface area contributed by atoms with Crippen LogP contribution in [0.5, 0.6) is 0 Å². The third kappa shape index (κ3) is 2.56. The van der Waals surface area contributed by atoms with E-state index in [0.717, 1.165) is 5.69 Å². The van der Waals surface area contributed by atoms with Crippen LogP contribution in [0.2, 0.25) is 0 Å². The van der Waals surface area contributed by atoms with E-state index in [9.17, 15) is 0 Å². The maximum absolute atomic E-state index is 5.20. The monoisotopic (exact) mass is 181 g/mol. The number of pyridine rings is 1. The molecule has 0 bridgehead atoms. The Balaban J connectivity index is 2.79. The minimum Gasteiger partial charge on any atom is -0.308 e. The van der Waals surface area contributed by atoms with Crippen LogP contribution in [-0.2, 0) is 0 Å². The number of nitrogens with zero attached hydrogens (tertiary/aromatic N) is 1. The van der Waals surface area contributed by atoms with Crippen LogP contribution in [0.3, 0.4) is 0 Å². The van der Waals surface area contributed by atoms with Crippen LogP contribution in [-0.4, -0.2) is 10.7 Å². The molecule has 0 fully saturated rings. The maximum Gasteiger partial charge on any atom is 0.140 e. The van der Waals surface area contributed by atoms with Crippen LogP contribution in [0, 0.1) is 0 Å². The first kappa shape index (κ1) is 9.09. The molecule has 0 aliphatic rings. The highest BCUT2D eigenvalue weighted by molar-refractivity contribution is 7.80. The molecule has 3 nitrogen and oxygen atoms in total. The number of anilines is 1. The van der Waals surface area contributed by atoms with Crippen LogP contribution in [0.15, 0.2) is 24.3 Å². The molecule has 0 aromatic carbocycles. The van der Waals surface area contributed by atoms with E-state index in [0.29, 0.717) is 11.6 Å². The summed E-state index contributed by atoms with van der Waals surface area (Å²) in [6, 6.07) is 5.60. The summed E-state index contributed by atoms with van der Waals surface area (Å²) in [5.41, 5.74) is 3.35. The largest absolute Gasteiger partial charge is 0.308 e. The van der Waals surface area contributed by atoms with Gasteiger partial charge >= 0.3 is 0 Å². The quantitative estimate of drug-likeness (QED) is 0.374. The zero-order chi connectivity index (χ0) is 8.81. The second-order valence-electron chi connectivity index (χ2n) is 2.18. The molecule has 0 unspecified atom stereocenters. The van der Waals surface area contributed by atoms with E-state index in [4.69, 9.17) is 5.84 Å². The second kappa shape index (κ2) is 4.79. The van der Waals surface area contributed by atoms with Gasteiger partial charge in [-0.15, -0.1) is 0 Å². The highest BCUT2D eigenvalue weighted by atomic mass is 32.1. The number of nitrogen functional groups attached to an aromatic ring is 1. The standard InChI is InChI=1S/C8H11N3S/c9-11-8-5-1-3-7(10-8)4-2-6-12/h1-5,12H,6,9H2,(H,10,11). The summed E-state index contributed by atoms with van der Waals surface area (Å²) in [6.45, 7) is 0. The summed E-state index contributed by atoms with van der Waals surface area (Å²) < 4.78 is 0. The fraction of sp³-hybridized carbons (Fsp3) is 0.125. The molecule has 1 rings (SSSR count). The maximum atomic E-state index is 5.20. The van der Waals surface area contributed by atoms with Crippen molar-refractivity contribution in [2.24, 2.45) is 5.84 Å². The molecular formula is C8H11N3S. The SMILES string of the molecule is NNc1cccc(C=CCS)n1. The van der Waals surface area contributed by atoms with Crippen LogP contribution >= 0.6 is 12.6 Å². The number of aromatic nitrogens is 1. The van der Waals surface area contributed by atoms with Crippen molar-refractivity contribution in [1.29, 1.82) is 0 Å². The number of nitrogens with two attached hydrogens (primary N) is 1. The second-order valence-corrected chi connectivity index (χ2v) is 2.54. The van der Waals surface area contributed by atoms with E-state index in [1.54, 1.807) is 6.07 Å². The van der Waals surface area contributed by atoms with Crippen molar-refractivity contribution in [2.45, 2.75) is 0 Å². The Labute approximate surface area is 77.1 Å². The highest BCUT2D eigenvalue weighted by Crippen LogP contribution is 2.04. The molecule has 1 aromatic heterocycles. The first-order valence-corrected chi connectivity index (χ1v) is 4.21. The molecule has 4 heteroatoms. The average Bonchev–Trinajstić information content (AvgIpc) is 2.15. The van der Waals surface area contributed by atoms with Crippen LogP contribution in [0.4, 0.5) is 5.82 Å². The van der Waals surface area contributed by atoms with Crippen molar-refractivity contribution in [3.8, 4) is 0 Å². The van der Waals surface area contributed by atoms with E-state index in [1.807, 2.05) is 24.3 Å². The molecule has 12 heavy (non-hydrogen) atoms. The van der Waals surface area contributed by atoms with E-state index < -0.39 is 0 Å². The number of thiol groups is 1. The Morgan fingerprint density at radius 2 is 2.42 bits per heavy atom. The molecule has 0 saturated heterocycles. The van der Waals surface area contributed by atoms with Gasteiger partial charge in [-0.25, -0.2) is 10.8 Å². The summed E-state index contributed by atoms with van der Waals surface area (Å²) in [6.07, 6.45) is 3.82. The van der Waals surface area contributed by atoms with Crippen LogP contribution in [0.1, 0.15) is 5.69 Å². The topological polar surface area (TPSA) is 50.9 Å². The van der Waals surface area contributed by atoms with Gasteiger partial charge in [0.25, 0.3) is 0 Å². The molecule has 1 aromatic rings. The summed E-state index contributed by atoms with van der Waals surface area (Å²) in [7, 11) is 0. The molecule has 0 atom stereocenters. The van der Waals surface area contributed by atoms with Crippen molar-refractivity contribution in [3.63, 3.8) is 0 Å². The minimum atomic E-state index is 0.663. The summed E-state index contributed by atoms with van der Waals surface area (Å²) >= 11 is 4.04. The van der Waals surface area contributed by atoms with Gasteiger partial charge in [0.15, 0.2) is 0 Å². The van der Waals surface area contributed by atoms with E-state index >= 15 is 0 Å². The fourth-order valence-corrected chi connectivity index (χ4v) is 0.904. The molecule has 0 spiro atoms. The summed E-state index contributed by atoms with van der Waals surface area (Å²) in [4.78, 5) is 4.17. The Kier molecular flexibility index (Phi) is 3.63. The van der Waals surface area contributed by atoms with Crippen molar-refractivity contribution >= 4 is 24.5 Å². The van der Waals surface area contributed by atoms with Crippen molar-refractivity contribution < 1.29 is 0 Å². The lowest BCUT2D eigenvalue weighted by Crippen LogP contribution is -2.08. The molecule has 0 radical (unpaired) electrons. The zero-order valence-corrected chi connectivity index (χ0v) is 7.46. The van der Waals surface area contributed by atoms with Crippen molar-refractivity contribution in [3.05, 3.63) is 30.0 Å². The van der Waals surface area contributed by atoms with Gasteiger partial charge in [-0.3, -0.25) is 0 Å². The lowest BCUT2D eigenvalue weighted by atomic mass is 10.3. The van der Waals surface area contributed by atoms with Crippen molar-refractivity contribution in [2.75, 3.05) is 11.2 Å². The third-order valence-corrected chi connectivity index (χ3v) is 1.52. The number of rotatable bonds is 3. The summed E-state index contributed by atoms with van der Waals surface area (Å²) in [5.74, 6) is 6.57. The van der Waals surface area contributed by atoms with Gasteiger partial charge in [-0.1, -0.05) is 12.1 Å². The Bertz CT molecular complexity index is 273. The minimum absolute atomic E-state index is 0.663. The third-order valence-electron chi connectivity index (χ3n) is 1.31. The molecule has 0 aliphatic heterocycles. The van der Waals surface area contributed by atoms with E-state index in [1.165, 1.54) is 0 Å². The van der Waals surface area contributed by atoms with Crippen LogP contribution < -0.4 is 11.3 Å². The highest BCUT2D eigenvalue weighted by Gasteiger charge is 1.90. The molecule has 0 amide bonds. The van der Waals surface area contributed by atoms with Crippen LogP contribution in [0.25, 0.3) is 6.08 Å². The van der Waals surface area contributed by atoms with Crippen molar-refractivity contribution in [1.82, 2.24) is 4.98 Å². The predicted octanol–water partition coefficient (Wildman–Crippen LogP) is 1.31.